The van der Waals surface area contributed by atoms with Crippen LogP contribution in [-0.2, 0) is 4.74 Å². The van der Waals surface area contributed by atoms with E-state index < -0.39 is 0 Å². The van der Waals surface area contributed by atoms with Crippen molar-refractivity contribution < 1.29 is 4.74 Å². The van der Waals surface area contributed by atoms with E-state index in [1.165, 1.54) is 37.7 Å². The van der Waals surface area contributed by atoms with Gasteiger partial charge in [-0.15, -0.1) is 6.58 Å². The van der Waals surface area contributed by atoms with Crippen molar-refractivity contribution in [2.24, 2.45) is 11.8 Å². The molecule has 0 aromatic heterocycles. The van der Waals surface area contributed by atoms with Gasteiger partial charge in [-0.3, -0.25) is 0 Å². The topological polar surface area (TPSA) is 9.23 Å². The SMILES string of the molecule is C=C(C)CC(OC)C1CCCC(C)CC1. The quantitative estimate of drug-likeness (QED) is 0.499. The smallest absolute Gasteiger partial charge is 0.0636 e. The Kier molecular flexibility index (Phi) is 5.38. The minimum absolute atomic E-state index is 0.410. The van der Waals surface area contributed by atoms with Gasteiger partial charge in [0.25, 0.3) is 0 Å². The fourth-order valence-electron chi connectivity index (χ4n) is 2.67. The first-order chi connectivity index (χ1) is 7.13. The molecule has 0 bridgehead atoms. The second-order valence-electron chi connectivity index (χ2n) is 5.31. The van der Waals surface area contributed by atoms with Crippen molar-refractivity contribution in [1.29, 1.82) is 0 Å². The zero-order chi connectivity index (χ0) is 11.3. The lowest BCUT2D eigenvalue weighted by molar-refractivity contribution is 0.0458. The third kappa shape index (κ3) is 4.38. The Balaban J connectivity index is 2.47. The van der Waals surface area contributed by atoms with E-state index in [-0.39, 0.29) is 0 Å². The van der Waals surface area contributed by atoms with Crippen LogP contribution in [-0.4, -0.2) is 13.2 Å². The molecule has 0 saturated heterocycles. The highest BCUT2D eigenvalue weighted by Gasteiger charge is 2.24. The molecule has 0 heterocycles. The fourth-order valence-corrected chi connectivity index (χ4v) is 2.67. The number of ether oxygens (including phenoxy) is 1. The van der Waals surface area contributed by atoms with Crippen LogP contribution in [0.4, 0.5) is 0 Å². The minimum atomic E-state index is 0.410. The summed E-state index contributed by atoms with van der Waals surface area (Å²) in [5.41, 5.74) is 1.25. The van der Waals surface area contributed by atoms with E-state index in [9.17, 15) is 0 Å². The molecular formula is C14H26O. The van der Waals surface area contributed by atoms with Gasteiger partial charge in [-0.25, -0.2) is 0 Å². The van der Waals surface area contributed by atoms with Crippen LogP contribution in [0.5, 0.6) is 0 Å². The summed E-state index contributed by atoms with van der Waals surface area (Å²) in [5, 5.41) is 0. The maximum atomic E-state index is 5.63. The predicted octanol–water partition coefficient (Wildman–Crippen LogP) is 4.18. The molecule has 1 aliphatic rings. The Hall–Kier alpha value is -0.300. The van der Waals surface area contributed by atoms with Crippen molar-refractivity contribution in [3.05, 3.63) is 12.2 Å². The van der Waals surface area contributed by atoms with Crippen molar-refractivity contribution in [2.45, 2.75) is 58.5 Å². The summed E-state index contributed by atoms with van der Waals surface area (Å²) >= 11 is 0. The van der Waals surface area contributed by atoms with Crippen LogP contribution >= 0.6 is 0 Å². The predicted molar refractivity (Wildman–Crippen MR) is 66.0 cm³/mol. The van der Waals surface area contributed by atoms with Crippen molar-refractivity contribution in [1.82, 2.24) is 0 Å². The molecule has 0 spiro atoms. The standard InChI is InChI=1S/C14H26O/c1-11(2)10-14(15-4)13-7-5-6-12(3)8-9-13/h12-14H,1,5-10H2,2-4H3. The third-order valence-electron chi connectivity index (χ3n) is 3.68. The molecule has 1 fully saturated rings. The summed E-state index contributed by atoms with van der Waals surface area (Å²) in [7, 11) is 1.85. The van der Waals surface area contributed by atoms with Crippen LogP contribution < -0.4 is 0 Å². The lowest BCUT2D eigenvalue weighted by Gasteiger charge is -2.25. The molecule has 1 heteroatoms. The van der Waals surface area contributed by atoms with Crippen LogP contribution in [0.15, 0.2) is 12.2 Å². The van der Waals surface area contributed by atoms with Gasteiger partial charge in [0.2, 0.25) is 0 Å². The first-order valence-corrected chi connectivity index (χ1v) is 6.30. The largest absolute Gasteiger partial charge is 0.381 e. The first-order valence-electron chi connectivity index (χ1n) is 6.30. The van der Waals surface area contributed by atoms with Gasteiger partial charge in [0.1, 0.15) is 0 Å². The summed E-state index contributed by atoms with van der Waals surface area (Å²) in [4.78, 5) is 0. The molecule has 1 aliphatic carbocycles. The average molecular weight is 210 g/mol. The number of hydrogen-bond donors (Lipinski definition) is 0. The summed E-state index contributed by atoms with van der Waals surface area (Å²) in [5.74, 6) is 1.67. The van der Waals surface area contributed by atoms with Gasteiger partial charge in [-0.2, -0.15) is 0 Å². The van der Waals surface area contributed by atoms with E-state index in [4.69, 9.17) is 4.74 Å². The molecule has 3 atom stereocenters. The van der Waals surface area contributed by atoms with Gasteiger partial charge in [0.05, 0.1) is 6.10 Å². The monoisotopic (exact) mass is 210 g/mol. The molecule has 0 N–H and O–H groups in total. The van der Waals surface area contributed by atoms with Crippen LogP contribution in [0.1, 0.15) is 52.4 Å². The van der Waals surface area contributed by atoms with E-state index in [1.807, 2.05) is 7.11 Å². The number of methoxy groups -OCH3 is 1. The lowest BCUT2D eigenvalue weighted by Crippen LogP contribution is -2.22. The molecule has 1 rings (SSSR count). The Bertz CT molecular complexity index is 198. The first kappa shape index (κ1) is 12.8. The molecule has 1 saturated carbocycles. The molecular weight excluding hydrogens is 184 g/mol. The second-order valence-corrected chi connectivity index (χ2v) is 5.31. The maximum Gasteiger partial charge on any atom is 0.0636 e. The fraction of sp³-hybridized carbons (Fsp3) is 0.857. The molecule has 1 nitrogen and oxygen atoms in total. The summed E-state index contributed by atoms with van der Waals surface area (Å²) in [6.45, 7) is 8.48. The van der Waals surface area contributed by atoms with Crippen molar-refractivity contribution in [3.63, 3.8) is 0 Å². The molecule has 88 valence electrons. The molecule has 3 unspecified atom stereocenters. The summed E-state index contributed by atoms with van der Waals surface area (Å²) in [6, 6.07) is 0. The molecule has 0 radical (unpaired) electrons. The van der Waals surface area contributed by atoms with E-state index >= 15 is 0 Å². The molecule has 0 aromatic carbocycles. The van der Waals surface area contributed by atoms with Gasteiger partial charge < -0.3 is 4.74 Å². The zero-order valence-electron chi connectivity index (χ0n) is 10.6. The van der Waals surface area contributed by atoms with Gasteiger partial charge in [0.15, 0.2) is 0 Å². The minimum Gasteiger partial charge on any atom is -0.381 e. The summed E-state index contributed by atoms with van der Waals surface area (Å²) in [6.07, 6.45) is 8.29. The average Bonchev–Trinajstić information content (AvgIpc) is 2.39. The summed E-state index contributed by atoms with van der Waals surface area (Å²) < 4.78 is 5.63. The van der Waals surface area contributed by atoms with E-state index in [2.05, 4.69) is 20.4 Å². The maximum absolute atomic E-state index is 5.63. The van der Waals surface area contributed by atoms with Crippen LogP contribution in [0.3, 0.4) is 0 Å². The van der Waals surface area contributed by atoms with Crippen LogP contribution in [0.2, 0.25) is 0 Å². The van der Waals surface area contributed by atoms with Gasteiger partial charge >= 0.3 is 0 Å². The highest BCUT2D eigenvalue weighted by molar-refractivity contribution is 4.93. The third-order valence-corrected chi connectivity index (χ3v) is 3.68. The highest BCUT2D eigenvalue weighted by atomic mass is 16.5. The molecule has 0 amide bonds. The normalized spacial score (nSPS) is 29.5. The Labute approximate surface area is 94.9 Å². The van der Waals surface area contributed by atoms with Gasteiger partial charge in [0, 0.05) is 7.11 Å². The lowest BCUT2D eigenvalue weighted by atomic mass is 9.90. The second kappa shape index (κ2) is 6.32. The van der Waals surface area contributed by atoms with Crippen molar-refractivity contribution in [2.75, 3.05) is 7.11 Å². The van der Waals surface area contributed by atoms with Crippen molar-refractivity contribution in [3.8, 4) is 0 Å². The van der Waals surface area contributed by atoms with Crippen LogP contribution in [0.25, 0.3) is 0 Å². The molecule has 15 heavy (non-hydrogen) atoms. The molecule has 0 aliphatic heterocycles. The zero-order valence-corrected chi connectivity index (χ0v) is 10.6. The van der Waals surface area contributed by atoms with Gasteiger partial charge in [-0.1, -0.05) is 31.8 Å². The Morgan fingerprint density at radius 3 is 2.67 bits per heavy atom. The highest BCUT2D eigenvalue weighted by Crippen LogP contribution is 2.31. The van der Waals surface area contributed by atoms with Crippen LogP contribution in [0, 0.1) is 11.8 Å². The molecule has 0 aromatic rings. The Morgan fingerprint density at radius 1 is 1.33 bits per heavy atom. The van der Waals surface area contributed by atoms with Gasteiger partial charge in [-0.05, 0) is 38.0 Å². The number of rotatable bonds is 4. The van der Waals surface area contributed by atoms with E-state index in [1.54, 1.807) is 0 Å². The van der Waals surface area contributed by atoms with E-state index in [0.717, 1.165) is 18.3 Å². The Morgan fingerprint density at radius 2 is 2.07 bits per heavy atom. The van der Waals surface area contributed by atoms with Crippen molar-refractivity contribution >= 4 is 0 Å². The number of hydrogen-bond acceptors (Lipinski definition) is 1. The van der Waals surface area contributed by atoms with E-state index in [0.29, 0.717) is 6.10 Å².